The van der Waals surface area contributed by atoms with Gasteiger partial charge < -0.3 is 46.6 Å². The average Bonchev–Trinajstić information content (AvgIpc) is 1.50. The number of hydrogen-bond acceptors (Lipinski definition) is 16. The Bertz CT molecular complexity index is 7080. The van der Waals surface area contributed by atoms with Gasteiger partial charge in [0.1, 0.15) is 0 Å². The molecule has 9 fully saturated rings. The number of furan rings is 5. The van der Waals surface area contributed by atoms with Gasteiger partial charge in [-0.3, -0.25) is 4.90 Å². The molecule has 6 aromatic carbocycles. The molecular formula is C109H121N11O5. The number of rotatable bonds is 5. The molecule has 6 saturated heterocycles. The van der Waals surface area contributed by atoms with Crippen LogP contribution in [0.2, 0.25) is 0 Å². The summed E-state index contributed by atoms with van der Waals surface area (Å²) in [6, 6.07) is 54.5. The molecule has 0 spiro atoms. The molecule has 10 bridgehead atoms. The molecule has 0 radical (unpaired) electrons. The second-order valence-electron chi connectivity index (χ2n) is 41.9. The van der Waals surface area contributed by atoms with Crippen LogP contribution in [0.5, 0.6) is 0 Å². The first kappa shape index (κ1) is 79.9. The summed E-state index contributed by atoms with van der Waals surface area (Å²) in [6.07, 6.45) is 18.3. The molecule has 26 rings (SSSR count). The Morgan fingerprint density at radius 3 is 1.18 bits per heavy atom. The third-order valence-electron chi connectivity index (χ3n) is 35.8. The van der Waals surface area contributed by atoms with E-state index in [1.54, 1.807) is 18.6 Å². The van der Waals surface area contributed by atoms with Crippen LogP contribution in [0, 0.1) is 74.0 Å². The molecule has 10 aliphatic rings. The number of aryl methyl sites for hydroxylation is 5. The van der Waals surface area contributed by atoms with Gasteiger partial charge in [0.2, 0.25) is 28.6 Å². The Morgan fingerprint density at radius 1 is 0.376 bits per heavy atom. The van der Waals surface area contributed by atoms with Crippen molar-refractivity contribution in [3.8, 4) is 0 Å². The van der Waals surface area contributed by atoms with E-state index in [0.29, 0.717) is 70.5 Å². The molecule has 10 aromatic heterocycles. The topological polar surface area (TPSA) is 150 Å². The highest BCUT2D eigenvalue weighted by Crippen LogP contribution is 2.71. The van der Waals surface area contributed by atoms with Gasteiger partial charge in [0.05, 0.1) is 46.2 Å². The quantitative estimate of drug-likeness (QED) is 0.161. The van der Waals surface area contributed by atoms with Crippen molar-refractivity contribution in [3.63, 3.8) is 0 Å². The Labute approximate surface area is 734 Å². The van der Waals surface area contributed by atoms with Crippen LogP contribution in [0.4, 0.5) is 28.4 Å². The third-order valence-corrected chi connectivity index (χ3v) is 35.8. The van der Waals surface area contributed by atoms with Crippen LogP contribution >= 0.6 is 0 Å². The zero-order valence-electron chi connectivity index (χ0n) is 76.9. The summed E-state index contributed by atoms with van der Waals surface area (Å²) in [5, 5.41) is 11.4. The number of aromatic nitrogens is 5. The summed E-state index contributed by atoms with van der Waals surface area (Å²) < 4.78 is 31.4. The van der Waals surface area contributed by atoms with E-state index in [1.165, 1.54) is 140 Å². The Balaban J connectivity index is 0.0000000927. The van der Waals surface area contributed by atoms with Crippen LogP contribution in [-0.4, -0.2) is 95.9 Å². The second-order valence-corrected chi connectivity index (χ2v) is 41.9. The maximum Gasteiger partial charge on any atom is 0.227 e. The lowest BCUT2D eigenvalue weighted by molar-refractivity contribution is 0.132. The molecule has 125 heavy (non-hydrogen) atoms. The highest BCUT2D eigenvalue weighted by molar-refractivity contribution is 6.13. The lowest BCUT2D eigenvalue weighted by atomic mass is 9.65. The summed E-state index contributed by atoms with van der Waals surface area (Å²) in [6.45, 7) is 52.2. The first-order valence-electron chi connectivity index (χ1n) is 46.4. The minimum atomic E-state index is 0.132. The fraction of sp³-hybridized carbons (Fsp3) is 0.440. The van der Waals surface area contributed by atoms with Gasteiger partial charge in [0, 0.05) is 145 Å². The maximum absolute atomic E-state index is 6.33. The Kier molecular flexibility index (Phi) is 17.7. The second kappa shape index (κ2) is 27.8. The lowest BCUT2D eigenvalue weighted by Crippen LogP contribution is -2.56. The van der Waals surface area contributed by atoms with Crippen molar-refractivity contribution in [1.29, 1.82) is 0 Å². The van der Waals surface area contributed by atoms with Crippen LogP contribution < -0.4 is 24.5 Å². The van der Waals surface area contributed by atoms with Crippen LogP contribution in [0.1, 0.15) is 207 Å². The van der Waals surface area contributed by atoms with E-state index in [4.69, 9.17) is 22.1 Å². The normalized spacial score (nSPS) is 30.4. The molecule has 17 unspecified atom stereocenters. The van der Waals surface area contributed by atoms with E-state index in [1.807, 2.05) is 42.7 Å². The smallest absolute Gasteiger partial charge is 0.227 e. The first-order chi connectivity index (χ1) is 59.8. The van der Waals surface area contributed by atoms with Crippen molar-refractivity contribution in [3.05, 3.63) is 216 Å². The van der Waals surface area contributed by atoms with E-state index < -0.39 is 0 Å². The van der Waals surface area contributed by atoms with Crippen LogP contribution in [0.15, 0.2) is 199 Å². The van der Waals surface area contributed by atoms with Gasteiger partial charge >= 0.3 is 0 Å². The minimum absolute atomic E-state index is 0.132. The van der Waals surface area contributed by atoms with E-state index in [-0.39, 0.29) is 22.0 Å². The Hall–Kier alpha value is -11.0. The van der Waals surface area contributed by atoms with Crippen molar-refractivity contribution < 1.29 is 22.1 Å². The van der Waals surface area contributed by atoms with Crippen molar-refractivity contribution in [2.45, 2.75) is 255 Å². The van der Waals surface area contributed by atoms with Crippen molar-refractivity contribution in [2.75, 3.05) is 37.6 Å². The van der Waals surface area contributed by atoms with E-state index in [2.05, 4.69) is 315 Å². The molecule has 16 heterocycles. The van der Waals surface area contributed by atoms with Gasteiger partial charge in [0.15, 0.2) is 27.9 Å². The number of piperidine rings is 3. The first-order valence-corrected chi connectivity index (χ1v) is 46.4. The monoisotopic (exact) mass is 1660 g/mol. The van der Waals surface area contributed by atoms with Gasteiger partial charge in [-0.15, -0.1) is 0 Å². The molecule has 16 aromatic rings. The van der Waals surface area contributed by atoms with Crippen LogP contribution in [0.25, 0.3) is 110 Å². The molecule has 0 N–H and O–H groups in total. The summed E-state index contributed by atoms with van der Waals surface area (Å²) in [5.41, 5.74) is 26.2. The molecule has 16 heteroatoms. The Morgan fingerprint density at radius 2 is 0.784 bits per heavy atom. The highest BCUT2D eigenvalue weighted by atomic mass is 16.4. The van der Waals surface area contributed by atoms with Gasteiger partial charge in [-0.25, -0.2) is 24.9 Å². The van der Waals surface area contributed by atoms with Gasteiger partial charge in [-0.1, -0.05) is 140 Å². The largest absolute Gasteiger partial charge is 0.436 e. The van der Waals surface area contributed by atoms with Crippen molar-refractivity contribution in [1.82, 2.24) is 29.8 Å². The predicted octanol–water partition coefficient (Wildman–Crippen LogP) is 27.0. The average molecular weight is 1670 g/mol. The fourth-order valence-electron chi connectivity index (χ4n) is 27.9. The minimum Gasteiger partial charge on any atom is -0.436 e. The van der Waals surface area contributed by atoms with Crippen molar-refractivity contribution >= 4 is 139 Å². The van der Waals surface area contributed by atoms with E-state index >= 15 is 0 Å². The fourth-order valence-corrected chi connectivity index (χ4v) is 27.9. The maximum atomic E-state index is 6.33. The summed E-state index contributed by atoms with van der Waals surface area (Å²) in [5.74, 6) is 2.75. The SMILES string of the molecule is Cc1ccc2c(oc3ncccc32)c1N1C(C)C2(C)CC1(C)C(C)C2C.Cc1ccc2c(oc3ncccc32)c1N1C(C)C2(C)CCC1(C)C2(C)C.Cc1ccc2c(oc3ncccc32)c1N1C(C)C2CCC1C2(C)C.Cc1ccc2c(oc3ncccc32)c1N1C(C)N2CCC1(C)C2.Cc1ccc2c(oc3ncccc32)c1N1C2CC(c3ccccc32)C1C. The molecule has 6 aliphatic heterocycles. The molecular weight excluding hydrogens is 1540 g/mol. The number of pyridine rings is 5. The molecule has 17 atom stereocenters. The molecule has 4 aliphatic carbocycles. The number of nitrogens with zero attached hydrogens (tertiary/aromatic N) is 11. The number of hydrogen-bond donors (Lipinski definition) is 0. The molecule has 0 amide bonds. The van der Waals surface area contributed by atoms with Crippen LogP contribution in [0.3, 0.4) is 0 Å². The zero-order valence-corrected chi connectivity index (χ0v) is 76.9. The third kappa shape index (κ3) is 10.9. The predicted molar refractivity (Wildman–Crippen MR) is 511 cm³/mol. The molecule has 16 nitrogen and oxygen atoms in total. The zero-order chi connectivity index (χ0) is 86.7. The van der Waals surface area contributed by atoms with Gasteiger partial charge in [-0.2, -0.15) is 0 Å². The summed E-state index contributed by atoms with van der Waals surface area (Å²) >= 11 is 0. The van der Waals surface area contributed by atoms with Gasteiger partial charge in [0.25, 0.3) is 0 Å². The van der Waals surface area contributed by atoms with E-state index in [0.717, 1.165) is 107 Å². The molecule has 3 saturated carbocycles. The standard InChI is InChI=1S/C23H20N2O.2C23H28N2O.C21H24N2O.C19H21N3O/c1-13-9-10-17-18-8-5-11-24-23(18)26-22(17)21(13)25-14(2)19-12-20(25)16-7-4-3-6-15(16)19;1-14-9-10-16-17-8-7-13-24-20(17)26-19(16)18(14)25-15(2)22(5)11-12-23(25,6)21(22,3)4;1-13-9-10-17-18-8-7-11-24-21(18)26-20(17)19(13)25-16(4)22(5)12-23(25,6)15(3)14(22)2;1-12-7-8-14-15-6-5-11-22-20(15)24-19(14)18(12)23-13(2)16-9-10-17(23)21(16,3)4;1-12-6-7-14-15-5-4-9-20-18(15)23-17(14)16(12)22-13(2)21-10-8-19(22,3)11-21/h3-11,14,19-20H,12H2,1-2H3;7-10,13,15H,11-12H2,1-6H3;7-11,14-16H,12H2,1-6H3;5-8,11,13,16-17H,9-10H2,1-4H3;4-7,9,13H,8,10-11H2,1-3H3. The lowest BCUT2D eigenvalue weighted by Gasteiger charge is -2.51. The summed E-state index contributed by atoms with van der Waals surface area (Å²) in [7, 11) is 0. The van der Waals surface area contributed by atoms with Crippen molar-refractivity contribution in [2.24, 2.45) is 39.4 Å². The van der Waals surface area contributed by atoms with Crippen LogP contribution in [-0.2, 0) is 0 Å². The highest BCUT2D eigenvalue weighted by Gasteiger charge is 2.71. The van der Waals surface area contributed by atoms with E-state index in [9.17, 15) is 0 Å². The number of anilines is 5. The number of benzene rings is 6. The number of fused-ring (bicyclic) bond motifs is 28. The summed E-state index contributed by atoms with van der Waals surface area (Å²) in [4.78, 5) is 38.0. The van der Waals surface area contributed by atoms with Gasteiger partial charge in [-0.05, 0) is 274 Å². The molecule has 642 valence electrons.